The summed E-state index contributed by atoms with van der Waals surface area (Å²) < 4.78 is 0. The quantitative estimate of drug-likeness (QED) is 0.310. The fourth-order valence-corrected chi connectivity index (χ4v) is 3.71. The molecule has 29 heavy (non-hydrogen) atoms. The summed E-state index contributed by atoms with van der Waals surface area (Å²) in [6.45, 7) is 0. The van der Waals surface area contributed by atoms with Crippen molar-refractivity contribution in [1.29, 1.82) is 0 Å². The van der Waals surface area contributed by atoms with Crippen LogP contribution < -0.4 is 5.32 Å². The minimum Gasteiger partial charge on any atom is -0.339 e. The van der Waals surface area contributed by atoms with Gasteiger partial charge < -0.3 is 5.32 Å². The SMILES string of the molecule is Clc1cnc(Nc2ccccc2)c(Cl)c1.Clc1cnc2c(c1)-c1ccccc1C2. The summed E-state index contributed by atoms with van der Waals surface area (Å²) in [7, 11) is 0. The second-order valence-electron chi connectivity index (χ2n) is 6.46. The van der Waals surface area contributed by atoms with Crippen molar-refractivity contribution in [2.75, 3.05) is 5.32 Å². The number of hydrogen-bond acceptors (Lipinski definition) is 3. The molecule has 0 spiro atoms. The number of fused-ring (bicyclic) bond motifs is 3. The number of rotatable bonds is 2. The predicted molar refractivity (Wildman–Crippen MR) is 121 cm³/mol. The molecule has 0 amide bonds. The maximum absolute atomic E-state index is 5.97. The average molecular weight is 441 g/mol. The molecular formula is C23H16Cl3N3. The lowest BCUT2D eigenvalue weighted by atomic mass is 10.1. The molecule has 1 N–H and O–H groups in total. The van der Waals surface area contributed by atoms with Gasteiger partial charge in [0.1, 0.15) is 5.82 Å². The van der Waals surface area contributed by atoms with Crippen LogP contribution in [0.4, 0.5) is 11.5 Å². The summed E-state index contributed by atoms with van der Waals surface area (Å²) in [5.74, 6) is 0.604. The van der Waals surface area contributed by atoms with Crippen LogP contribution in [-0.2, 0) is 6.42 Å². The van der Waals surface area contributed by atoms with Crippen LogP contribution in [0.15, 0.2) is 79.1 Å². The van der Waals surface area contributed by atoms with E-state index in [1.54, 1.807) is 18.5 Å². The van der Waals surface area contributed by atoms with E-state index >= 15 is 0 Å². The second-order valence-corrected chi connectivity index (χ2v) is 7.74. The third-order valence-electron chi connectivity index (χ3n) is 4.45. The van der Waals surface area contributed by atoms with Crippen molar-refractivity contribution in [3.8, 4) is 11.1 Å². The minimum atomic E-state index is 0.506. The molecular weight excluding hydrogens is 425 g/mol. The molecule has 0 saturated heterocycles. The molecule has 0 bridgehead atoms. The Balaban J connectivity index is 0.000000141. The molecule has 0 radical (unpaired) electrons. The highest BCUT2D eigenvalue weighted by Gasteiger charge is 2.18. The van der Waals surface area contributed by atoms with E-state index in [1.807, 2.05) is 36.4 Å². The Morgan fingerprint density at radius 3 is 2.21 bits per heavy atom. The lowest BCUT2D eigenvalue weighted by Gasteiger charge is -2.06. The number of nitrogens with one attached hydrogen (secondary N) is 1. The van der Waals surface area contributed by atoms with E-state index in [0.29, 0.717) is 20.9 Å². The van der Waals surface area contributed by atoms with E-state index in [0.717, 1.165) is 17.8 Å². The molecule has 1 aliphatic carbocycles. The van der Waals surface area contributed by atoms with E-state index in [4.69, 9.17) is 34.8 Å². The van der Waals surface area contributed by atoms with Crippen LogP contribution in [0.5, 0.6) is 0 Å². The Hall–Kier alpha value is -2.59. The lowest BCUT2D eigenvalue weighted by Crippen LogP contribution is -1.93. The van der Waals surface area contributed by atoms with Crippen LogP contribution in [-0.4, -0.2) is 9.97 Å². The topological polar surface area (TPSA) is 37.8 Å². The Bertz CT molecular complexity index is 1150. The molecule has 0 atom stereocenters. The molecule has 2 heterocycles. The summed E-state index contributed by atoms with van der Waals surface area (Å²) >= 11 is 17.6. The molecule has 2 aromatic heterocycles. The molecule has 1 aliphatic rings. The molecule has 3 nitrogen and oxygen atoms in total. The van der Waals surface area contributed by atoms with Gasteiger partial charge in [-0.3, -0.25) is 4.98 Å². The van der Waals surface area contributed by atoms with Gasteiger partial charge in [-0.15, -0.1) is 0 Å². The summed E-state index contributed by atoms with van der Waals surface area (Å²) in [6.07, 6.45) is 4.20. The van der Waals surface area contributed by atoms with E-state index in [-0.39, 0.29) is 0 Å². The van der Waals surface area contributed by atoms with Gasteiger partial charge in [0.15, 0.2) is 0 Å². The predicted octanol–water partition coefficient (Wildman–Crippen LogP) is 7.44. The van der Waals surface area contributed by atoms with E-state index in [9.17, 15) is 0 Å². The van der Waals surface area contributed by atoms with E-state index in [1.165, 1.54) is 16.7 Å². The zero-order valence-electron chi connectivity index (χ0n) is 15.2. The van der Waals surface area contributed by atoms with Crippen molar-refractivity contribution in [3.63, 3.8) is 0 Å². The van der Waals surface area contributed by atoms with E-state index in [2.05, 4.69) is 39.6 Å². The maximum atomic E-state index is 5.97. The van der Waals surface area contributed by atoms with Crippen molar-refractivity contribution in [2.24, 2.45) is 0 Å². The minimum absolute atomic E-state index is 0.506. The van der Waals surface area contributed by atoms with Crippen LogP contribution in [0.25, 0.3) is 11.1 Å². The van der Waals surface area contributed by atoms with Crippen molar-refractivity contribution in [3.05, 3.63) is 105 Å². The first kappa shape index (κ1) is 19.7. The fourth-order valence-electron chi connectivity index (χ4n) is 3.12. The van der Waals surface area contributed by atoms with Crippen molar-refractivity contribution < 1.29 is 0 Å². The maximum Gasteiger partial charge on any atom is 0.149 e. The van der Waals surface area contributed by atoms with Gasteiger partial charge in [-0.25, -0.2) is 4.98 Å². The standard InChI is InChI=1S/C12H8ClN.C11H8Cl2N2/c13-9-6-11-10-4-2-1-3-8(10)5-12(11)14-7-9;12-8-6-10(13)11(14-7-8)15-9-4-2-1-3-5-9/h1-4,6-7H,5H2;1-7H,(H,14,15). The number of nitrogens with zero attached hydrogens (tertiary/aromatic N) is 2. The highest BCUT2D eigenvalue weighted by molar-refractivity contribution is 6.36. The summed E-state index contributed by atoms with van der Waals surface area (Å²) in [5, 5.41) is 4.84. The van der Waals surface area contributed by atoms with E-state index < -0.39 is 0 Å². The molecule has 0 unspecified atom stereocenters. The van der Waals surface area contributed by atoms with Gasteiger partial charge in [0.05, 0.1) is 20.8 Å². The van der Waals surface area contributed by atoms with Crippen molar-refractivity contribution >= 4 is 46.3 Å². The smallest absolute Gasteiger partial charge is 0.149 e. The van der Waals surface area contributed by atoms with Crippen molar-refractivity contribution in [2.45, 2.75) is 6.42 Å². The largest absolute Gasteiger partial charge is 0.339 e. The molecule has 0 aliphatic heterocycles. The zero-order valence-corrected chi connectivity index (χ0v) is 17.5. The van der Waals surface area contributed by atoms with Crippen LogP contribution in [0.3, 0.4) is 0 Å². The van der Waals surface area contributed by atoms with Gasteiger partial charge >= 0.3 is 0 Å². The number of aromatic nitrogens is 2. The molecule has 0 saturated carbocycles. The van der Waals surface area contributed by atoms with Gasteiger partial charge in [-0.05, 0) is 35.4 Å². The Kier molecular flexibility index (Phi) is 6.00. The monoisotopic (exact) mass is 439 g/mol. The Morgan fingerprint density at radius 1 is 0.724 bits per heavy atom. The van der Waals surface area contributed by atoms with Gasteiger partial charge in [-0.1, -0.05) is 77.3 Å². The molecule has 6 heteroatoms. The number of halogens is 3. The third-order valence-corrected chi connectivity index (χ3v) is 5.15. The van der Waals surface area contributed by atoms with Crippen LogP contribution in [0.1, 0.15) is 11.3 Å². The second kappa shape index (κ2) is 8.83. The molecule has 4 aromatic rings. The number of para-hydroxylation sites is 1. The van der Waals surface area contributed by atoms with Gasteiger partial charge in [0, 0.05) is 30.1 Å². The fraction of sp³-hybridized carbons (Fsp3) is 0.0435. The van der Waals surface area contributed by atoms with Crippen molar-refractivity contribution in [1.82, 2.24) is 9.97 Å². The molecule has 2 aromatic carbocycles. The molecule has 144 valence electrons. The van der Waals surface area contributed by atoms with Gasteiger partial charge in [0.2, 0.25) is 0 Å². The Labute approximate surface area is 184 Å². The highest BCUT2D eigenvalue weighted by atomic mass is 35.5. The summed E-state index contributed by atoms with van der Waals surface area (Å²) in [6, 6.07) is 21.7. The number of anilines is 2. The summed E-state index contributed by atoms with van der Waals surface area (Å²) in [5.41, 5.74) is 5.88. The molecule has 5 rings (SSSR count). The highest BCUT2D eigenvalue weighted by Crippen LogP contribution is 2.36. The first-order chi connectivity index (χ1) is 14.1. The number of hydrogen-bond donors (Lipinski definition) is 1. The molecule has 0 fully saturated rings. The number of benzene rings is 2. The Morgan fingerprint density at radius 2 is 1.41 bits per heavy atom. The third kappa shape index (κ3) is 4.70. The average Bonchev–Trinajstić information content (AvgIpc) is 3.09. The van der Waals surface area contributed by atoms with Gasteiger partial charge in [-0.2, -0.15) is 0 Å². The zero-order chi connectivity index (χ0) is 20.2. The number of pyridine rings is 2. The summed E-state index contributed by atoms with van der Waals surface area (Å²) in [4.78, 5) is 8.44. The lowest BCUT2D eigenvalue weighted by molar-refractivity contribution is 1.12. The van der Waals surface area contributed by atoms with Gasteiger partial charge in [0.25, 0.3) is 0 Å². The first-order valence-electron chi connectivity index (χ1n) is 8.96. The van der Waals surface area contributed by atoms with Crippen LogP contribution >= 0.6 is 34.8 Å². The first-order valence-corrected chi connectivity index (χ1v) is 10.1. The normalized spacial score (nSPS) is 11.1. The van der Waals surface area contributed by atoms with Crippen LogP contribution in [0, 0.1) is 0 Å². The van der Waals surface area contributed by atoms with Crippen LogP contribution in [0.2, 0.25) is 15.1 Å².